The summed E-state index contributed by atoms with van der Waals surface area (Å²) < 4.78 is 10.4. The second kappa shape index (κ2) is 6.59. The van der Waals surface area contributed by atoms with Gasteiger partial charge in [0.15, 0.2) is 0 Å². The Labute approximate surface area is 110 Å². The van der Waals surface area contributed by atoms with E-state index in [0.717, 1.165) is 16.7 Å². The third-order valence-corrected chi connectivity index (χ3v) is 2.42. The molecule has 0 N–H and O–H groups in total. The lowest BCUT2D eigenvalue weighted by atomic mass is 10.2. The molecule has 0 aliphatic carbocycles. The fourth-order valence-corrected chi connectivity index (χ4v) is 1.54. The highest BCUT2D eigenvalue weighted by Crippen LogP contribution is 2.23. The maximum absolute atomic E-state index is 5.92. The molecule has 1 heterocycles. The summed E-state index contributed by atoms with van der Waals surface area (Å²) in [7, 11) is 1.64. The molecule has 1 aromatic carbocycles. The minimum Gasteiger partial charge on any atom is -0.491 e. The lowest BCUT2D eigenvalue weighted by molar-refractivity contribution is 0.146. The highest BCUT2D eigenvalue weighted by Gasteiger charge is 2.02. The molecule has 0 unspecified atom stereocenters. The number of nitrogens with zero attached hydrogens (tertiary/aromatic N) is 2. The lowest BCUT2D eigenvalue weighted by Crippen LogP contribution is -2.04. The predicted octanol–water partition coefficient (Wildman–Crippen LogP) is 2.73. The summed E-state index contributed by atoms with van der Waals surface area (Å²) in [4.78, 5) is 8.03. The Hall–Kier alpha value is -1.10. The van der Waals surface area contributed by atoms with Gasteiger partial charge in [-0.2, -0.15) is 0 Å². The number of benzene rings is 1. The molecule has 92 valence electrons. The molecule has 0 atom stereocenters. The van der Waals surface area contributed by atoms with Crippen molar-refractivity contribution in [3.05, 3.63) is 29.7 Å². The number of rotatable bonds is 4. The summed E-state index contributed by atoms with van der Waals surface area (Å²) in [6.07, 6.45) is 1.43. The van der Waals surface area contributed by atoms with Crippen LogP contribution in [0.4, 0.5) is 0 Å². The van der Waals surface area contributed by atoms with E-state index in [1.807, 2.05) is 18.2 Å². The SMILES string of the molecule is COCCOc1ccc2c(Cl)ncnc2c1.Cl. The lowest BCUT2D eigenvalue weighted by Gasteiger charge is -2.06. The summed E-state index contributed by atoms with van der Waals surface area (Å²) in [5.41, 5.74) is 0.773. The molecule has 2 rings (SSSR count). The third kappa shape index (κ3) is 3.43. The van der Waals surface area contributed by atoms with E-state index in [0.29, 0.717) is 18.4 Å². The highest BCUT2D eigenvalue weighted by atomic mass is 35.5. The van der Waals surface area contributed by atoms with Gasteiger partial charge in [-0.1, -0.05) is 11.6 Å². The summed E-state index contributed by atoms with van der Waals surface area (Å²) in [5.74, 6) is 0.749. The van der Waals surface area contributed by atoms with E-state index < -0.39 is 0 Å². The van der Waals surface area contributed by atoms with Crippen molar-refractivity contribution in [2.45, 2.75) is 0 Å². The topological polar surface area (TPSA) is 44.2 Å². The van der Waals surface area contributed by atoms with E-state index in [2.05, 4.69) is 9.97 Å². The van der Waals surface area contributed by atoms with Crippen LogP contribution in [0.5, 0.6) is 5.75 Å². The van der Waals surface area contributed by atoms with Crippen molar-refractivity contribution in [3.63, 3.8) is 0 Å². The number of ether oxygens (including phenoxy) is 2. The van der Waals surface area contributed by atoms with E-state index in [-0.39, 0.29) is 12.4 Å². The second-order valence-electron chi connectivity index (χ2n) is 3.18. The highest BCUT2D eigenvalue weighted by molar-refractivity contribution is 6.34. The zero-order valence-electron chi connectivity index (χ0n) is 9.22. The van der Waals surface area contributed by atoms with Crippen LogP contribution in [0.15, 0.2) is 24.5 Å². The summed E-state index contributed by atoms with van der Waals surface area (Å²) in [5, 5.41) is 1.27. The monoisotopic (exact) mass is 274 g/mol. The molecule has 0 aliphatic rings. The first-order chi connectivity index (χ1) is 7.81. The van der Waals surface area contributed by atoms with E-state index in [9.17, 15) is 0 Å². The van der Waals surface area contributed by atoms with Crippen LogP contribution < -0.4 is 4.74 Å². The standard InChI is InChI=1S/C11H11ClN2O2.ClH/c1-15-4-5-16-8-2-3-9-10(6-8)13-7-14-11(9)12;/h2-3,6-7H,4-5H2,1H3;1H. The minimum atomic E-state index is 0. The van der Waals surface area contributed by atoms with Gasteiger partial charge in [0.1, 0.15) is 23.8 Å². The van der Waals surface area contributed by atoms with Crippen LogP contribution in [0.3, 0.4) is 0 Å². The van der Waals surface area contributed by atoms with Gasteiger partial charge in [-0.3, -0.25) is 0 Å². The number of hydrogen-bond acceptors (Lipinski definition) is 4. The zero-order valence-corrected chi connectivity index (χ0v) is 10.8. The van der Waals surface area contributed by atoms with Crippen molar-refractivity contribution in [2.75, 3.05) is 20.3 Å². The van der Waals surface area contributed by atoms with E-state index in [4.69, 9.17) is 21.1 Å². The fraction of sp³-hybridized carbons (Fsp3) is 0.273. The third-order valence-electron chi connectivity index (χ3n) is 2.12. The van der Waals surface area contributed by atoms with Gasteiger partial charge in [-0.25, -0.2) is 9.97 Å². The normalized spacial score (nSPS) is 10.0. The van der Waals surface area contributed by atoms with Gasteiger partial charge >= 0.3 is 0 Å². The first kappa shape index (κ1) is 14.0. The Morgan fingerprint density at radius 3 is 2.82 bits per heavy atom. The first-order valence-electron chi connectivity index (χ1n) is 4.83. The molecule has 0 bridgehead atoms. The van der Waals surface area contributed by atoms with Crippen LogP contribution in [0, 0.1) is 0 Å². The summed E-state index contributed by atoms with van der Waals surface area (Å²) in [6, 6.07) is 5.52. The molecular formula is C11H12Cl2N2O2. The van der Waals surface area contributed by atoms with Crippen LogP contribution in [0.1, 0.15) is 0 Å². The van der Waals surface area contributed by atoms with Crippen LogP contribution in [-0.4, -0.2) is 30.3 Å². The van der Waals surface area contributed by atoms with Gasteiger partial charge < -0.3 is 9.47 Å². The Balaban J connectivity index is 0.00000144. The molecule has 0 saturated heterocycles. The van der Waals surface area contributed by atoms with Gasteiger partial charge in [0.25, 0.3) is 0 Å². The predicted molar refractivity (Wildman–Crippen MR) is 69.2 cm³/mol. The molecule has 4 nitrogen and oxygen atoms in total. The van der Waals surface area contributed by atoms with Crippen molar-refractivity contribution in [2.24, 2.45) is 0 Å². The molecule has 0 aliphatic heterocycles. The Morgan fingerprint density at radius 2 is 2.06 bits per heavy atom. The van der Waals surface area contributed by atoms with Crippen LogP contribution in [0.2, 0.25) is 5.15 Å². The van der Waals surface area contributed by atoms with E-state index in [1.165, 1.54) is 6.33 Å². The second-order valence-corrected chi connectivity index (χ2v) is 3.54. The maximum Gasteiger partial charge on any atom is 0.140 e. The van der Waals surface area contributed by atoms with E-state index >= 15 is 0 Å². The van der Waals surface area contributed by atoms with Crippen molar-refractivity contribution >= 4 is 34.9 Å². The molecule has 0 spiro atoms. The Kier molecular flexibility index (Phi) is 5.41. The van der Waals surface area contributed by atoms with Crippen LogP contribution in [-0.2, 0) is 4.74 Å². The summed E-state index contributed by atoms with van der Waals surface area (Å²) in [6.45, 7) is 1.07. The number of hydrogen-bond donors (Lipinski definition) is 0. The molecular weight excluding hydrogens is 263 g/mol. The number of aromatic nitrogens is 2. The molecule has 2 aromatic rings. The van der Waals surface area contributed by atoms with Crippen LogP contribution in [0.25, 0.3) is 10.9 Å². The maximum atomic E-state index is 5.92. The molecule has 0 saturated carbocycles. The van der Waals surface area contributed by atoms with Crippen molar-refractivity contribution in [1.82, 2.24) is 9.97 Å². The van der Waals surface area contributed by atoms with Crippen molar-refractivity contribution in [1.29, 1.82) is 0 Å². The number of fused-ring (bicyclic) bond motifs is 1. The van der Waals surface area contributed by atoms with Gasteiger partial charge in [-0.15, -0.1) is 12.4 Å². The number of methoxy groups -OCH3 is 1. The Bertz CT molecular complexity index is 494. The van der Waals surface area contributed by atoms with Gasteiger partial charge in [0.2, 0.25) is 0 Å². The molecule has 1 aromatic heterocycles. The number of halogens is 2. The van der Waals surface area contributed by atoms with Crippen molar-refractivity contribution in [3.8, 4) is 5.75 Å². The molecule has 17 heavy (non-hydrogen) atoms. The van der Waals surface area contributed by atoms with Crippen LogP contribution >= 0.6 is 24.0 Å². The van der Waals surface area contributed by atoms with Crippen molar-refractivity contribution < 1.29 is 9.47 Å². The molecule has 0 fully saturated rings. The molecule has 6 heteroatoms. The van der Waals surface area contributed by atoms with Gasteiger partial charge in [-0.05, 0) is 12.1 Å². The smallest absolute Gasteiger partial charge is 0.140 e. The molecule has 0 amide bonds. The van der Waals surface area contributed by atoms with E-state index in [1.54, 1.807) is 7.11 Å². The molecule has 0 radical (unpaired) electrons. The first-order valence-corrected chi connectivity index (χ1v) is 5.21. The average molecular weight is 275 g/mol. The summed E-state index contributed by atoms with van der Waals surface area (Å²) >= 11 is 5.92. The Morgan fingerprint density at radius 1 is 1.24 bits per heavy atom. The van der Waals surface area contributed by atoms with Gasteiger partial charge in [0, 0.05) is 18.6 Å². The van der Waals surface area contributed by atoms with Gasteiger partial charge in [0.05, 0.1) is 12.1 Å². The largest absolute Gasteiger partial charge is 0.491 e. The zero-order chi connectivity index (χ0) is 11.4. The average Bonchev–Trinajstić information content (AvgIpc) is 2.30. The fourth-order valence-electron chi connectivity index (χ4n) is 1.34. The minimum absolute atomic E-state index is 0. The quantitative estimate of drug-likeness (QED) is 0.635.